The van der Waals surface area contributed by atoms with E-state index in [0.29, 0.717) is 11.3 Å². The molecule has 0 fully saturated rings. The van der Waals surface area contributed by atoms with E-state index in [9.17, 15) is 29.4 Å². The fraction of sp³-hybridized carbons (Fsp3) is 0.348. The lowest BCUT2D eigenvalue weighted by molar-refractivity contribution is -0.142. The van der Waals surface area contributed by atoms with Crippen LogP contribution in [0.2, 0.25) is 0 Å². The van der Waals surface area contributed by atoms with E-state index in [1.54, 1.807) is 6.20 Å². The van der Waals surface area contributed by atoms with Gasteiger partial charge in [0.2, 0.25) is 17.7 Å². The average Bonchev–Trinajstić information content (AvgIpc) is 3.51. The highest BCUT2D eigenvalue weighted by Crippen LogP contribution is 2.19. The molecule has 0 aliphatic carbocycles. The Hall–Kier alpha value is -4.23. The van der Waals surface area contributed by atoms with Crippen molar-refractivity contribution >= 4 is 34.6 Å². The quantitative estimate of drug-likeness (QED) is 0.147. The van der Waals surface area contributed by atoms with Crippen molar-refractivity contribution in [3.63, 3.8) is 0 Å². The summed E-state index contributed by atoms with van der Waals surface area (Å²) in [5, 5.41) is 27.2. The van der Waals surface area contributed by atoms with E-state index in [-0.39, 0.29) is 12.8 Å². The largest absolute Gasteiger partial charge is 0.480 e. The Bertz CT molecular complexity index is 1210. The number of fused-ring (bicyclic) bond motifs is 1. The molecule has 4 atom stereocenters. The number of amides is 3. The fourth-order valence-electron chi connectivity index (χ4n) is 3.60. The lowest BCUT2D eigenvalue weighted by atomic mass is 10.0. The molecule has 36 heavy (non-hydrogen) atoms. The number of carbonyl (C=O) groups is 4. The molecular formula is C23H29N7O6. The number of imidazole rings is 1. The molecule has 3 amide bonds. The number of aromatic amines is 2. The zero-order chi connectivity index (χ0) is 26.2. The number of nitrogens with two attached hydrogens (primary N) is 1. The van der Waals surface area contributed by atoms with Crippen molar-refractivity contribution in [2.24, 2.45) is 5.73 Å². The van der Waals surface area contributed by atoms with Gasteiger partial charge >= 0.3 is 5.97 Å². The standard InChI is InChI=1S/C23H29N7O6/c1-12(28-22(34)19(10-31)30-21(33)16(24)7-14-9-25-11-27-14)20(32)29-18(23(35)36)6-13-8-26-17-5-3-2-4-15(13)17/h2-5,8-9,11-12,16,18-19,26,31H,6-7,10,24H2,1H3,(H,25,27)(H,28,34)(H,29,32)(H,30,33)(H,35,36). The van der Waals surface area contributed by atoms with Crippen LogP contribution in [0, 0.1) is 0 Å². The van der Waals surface area contributed by atoms with E-state index in [2.05, 4.69) is 30.9 Å². The van der Waals surface area contributed by atoms with Crippen LogP contribution in [0.25, 0.3) is 10.9 Å². The molecular weight excluding hydrogens is 470 g/mol. The van der Waals surface area contributed by atoms with Gasteiger partial charge in [-0.2, -0.15) is 0 Å². The van der Waals surface area contributed by atoms with Crippen LogP contribution in [-0.2, 0) is 32.0 Å². The zero-order valence-corrected chi connectivity index (χ0v) is 19.5. The molecule has 9 N–H and O–H groups in total. The number of aliphatic hydroxyl groups is 1. The first-order valence-corrected chi connectivity index (χ1v) is 11.2. The number of aromatic nitrogens is 3. The third-order valence-corrected chi connectivity index (χ3v) is 5.61. The molecule has 0 saturated heterocycles. The van der Waals surface area contributed by atoms with Gasteiger partial charge in [0, 0.05) is 41.8 Å². The van der Waals surface area contributed by atoms with Gasteiger partial charge in [-0.3, -0.25) is 14.4 Å². The summed E-state index contributed by atoms with van der Waals surface area (Å²) < 4.78 is 0. The SMILES string of the molecule is CC(NC(=O)C(CO)NC(=O)C(N)Cc1cnc[nH]1)C(=O)NC(Cc1c[nH]c2ccccc12)C(=O)O. The molecule has 3 rings (SSSR count). The lowest BCUT2D eigenvalue weighted by Crippen LogP contribution is -2.57. The number of hydrogen-bond donors (Lipinski definition) is 8. The summed E-state index contributed by atoms with van der Waals surface area (Å²) in [4.78, 5) is 59.0. The first-order chi connectivity index (χ1) is 17.2. The first kappa shape index (κ1) is 26.4. The van der Waals surface area contributed by atoms with Crippen molar-refractivity contribution in [2.75, 3.05) is 6.61 Å². The van der Waals surface area contributed by atoms with Crippen molar-refractivity contribution in [3.05, 3.63) is 54.2 Å². The van der Waals surface area contributed by atoms with Crippen molar-refractivity contribution in [2.45, 2.75) is 43.9 Å². The van der Waals surface area contributed by atoms with E-state index in [0.717, 1.165) is 10.9 Å². The van der Waals surface area contributed by atoms with E-state index < -0.39 is 54.5 Å². The monoisotopic (exact) mass is 499 g/mol. The molecule has 0 bridgehead atoms. The minimum absolute atomic E-state index is 0.0231. The number of carboxylic acid groups (broad SMARTS) is 1. The van der Waals surface area contributed by atoms with Crippen LogP contribution >= 0.6 is 0 Å². The second kappa shape index (κ2) is 12.0. The van der Waals surface area contributed by atoms with E-state index in [4.69, 9.17) is 5.73 Å². The third kappa shape index (κ3) is 6.67. The first-order valence-electron chi connectivity index (χ1n) is 11.2. The van der Waals surface area contributed by atoms with Gasteiger partial charge < -0.3 is 41.9 Å². The molecule has 0 spiro atoms. The number of aliphatic hydroxyl groups excluding tert-OH is 1. The molecule has 192 valence electrons. The number of nitrogens with one attached hydrogen (secondary N) is 5. The maximum absolute atomic E-state index is 12.6. The second-order valence-corrected chi connectivity index (χ2v) is 8.32. The summed E-state index contributed by atoms with van der Waals surface area (Å²) in [6, 6.07) is 2.61. The Morgan fingerprint density at radius 2 is 1.72 bits per heavy atom. The summed E-state index contributed by atoms with van der Waals surface area (Å²) in [7, 11) is 0. The van der Waals surface area contributed by atoms with Crippen LogP contribution in [0.1, 0.15) is 18.2 Å². The Morgan fingerprint density at radius 1 is 1.00 bits per heavy atom. The van der Waals surface area contributed by atoms with E-state index in [1.807, 2.05) is 24.3 Å². The molecule has 13 heteroatoms. The van der Waals surface area contributed by atoms with Gasteiger partial charge in [0.15, 0.2) is 0 Å². The van der Waals surface area contributed by atoms with Gasteiger partial charge in [0.1, 0.15) is 18.1 Å². The van der Waals surface area contributed by atoms with Crippen LogP contribution < -0.4 is 21.7 Å². The van der Waals surface area contributed by atoms with Crippen molar-refractivity contribution in [3.8, 4) is 0 Å². The number of rotatable bonds is 12. The average molecular weight is 500 g/mol. The minimum Gasteiger partial charge on any atom is -0.480 e. The normalized spacial score (nSPS) is 14.4. The molecule has 0 aliphatic rings. The summed E-state index contributed by atoms with van der Waals surface area (Å²) in [6.45, 7) is 0.624. The van der Waals surface area contributed by atoms with Gasteiger partial charge in [-0.1, -0.05) is 18.2 Å². The summed E-state index contributed by atoms with van der Waals surface area (Å²) in [5.41, 5.74) is 8.01. The summed E-state index contributed by atoms with van der Waals surface area (Å²) in [5.74, 6) is -3.49. The predicted octanol–water partition coefficient (Wildman–Crippen LogP) is -1.45. The highest BCUT2D eigenvalue weighted by Gasteiger charge is 2.28. The minimum atomic E-state index is -1.36. The predicted molar refractivity (Wildman–Crippen MR) is 128 cm³/mol. The van der Waals surface area contributed by atoms with E-state index in [1.165, 1.54) is 19.4 Å². The van der Waals surface area contributed by atoms with Crippen molar-refractivity contribution < 1.29 is 29.4 Å². The van der Waals surface area contributed by atoms with Gasteiger partial charge in [-0.15, -0.1) is 0 Å². The lowest BCUT2D eigenvalue weighted by Gasteiger charge is -2.22. The topological polar surface area (TPSA) is 215 Å². The molecule has 0 saturated carbocycles. The maximum Gasteiger partial charge on any atom is 0.326 e. The number of nitrogens with zero attached hydrogens (tertiary/aromatic N) is 1. The van der Waals surface area contributed by atoms with Crippen LogP contribution in [-0.4, -0.2) is 79.6 Å². The highest BCUT2D eigenvalue weighted by atomic mass is 16.4. The molecule has 1 aromatic carbocycles. The van der Waals surface area contributed by atoms with Crippen LogP contribution in [0.3, 0.4) is 0 Å². The highest BCUT2D eigenvalue weighted by molar-refractivity contribution is 5.94. The molecule has 2 aromatic heterocycles. The molecule has 4 unspecified atom stereocenters. The number of aliphatic carboxylic acids is 1. The van der Waals surface area contributed by atoms with Crippen LogP contribution in [0.5, 0.6) is 0 Å². The second-order valence-electron chi connectivity index (χ2n) is 8.32. The maximum atomic E-state index is 12.6. The number of benzene rings is 1. The summed E-state index contributed by atoms with van der Waals surface area (Å²) >= 11 is 0. The summed E-state index contributed by atoms with van der Waals surface area (Å²) in [6.07, 6.45) is 4.79. The Morgan fingerprint density at radius 3 is 2.39 bits per heavy atom. The van der Waals surface area contributed by atoms with Gasteiger partial charge in [0.05, 0.1) is 19.0 Å². The van der Waals surface area contributed by atoms with Gasteiger partial charge in [-0.25, -0.2) is 9.78 Å². The van der Waals surface area contributed by atoms with Crippen LogP contribution in [0.15, 0.2) is 43.0 Å². The molecule has 0 aliphatic heterocycles. The fourth-order valence-corrected chi connectivity index (χ4v) is 3.60. The zero-order valence-electron chi connectivity index (χ0n) is 19.5. The third-order valence-electron chi connectivity index (χ3n) is 5.61. The Labute approximate surface area is 205 Å². The number of para-hydroxylation sites is 1. The Balaban J connectivity index is 1.55. The molecule has 0 radical (unpaired) electrons. The number of H-pyrrole nitrogens is 2. The Kier molecular flexibility index (Phi) is 8.76. The molecule has 3 aromatic rings. The van der Waals surface area contributed by atoms with Crippen molar-refractivity contribution in [1.82, 2.24) is 30.9 Å². The van der Waals surface area contributed by atoms with Crippen LogP contribution in [0.4, 0.5) is 0 Å². The van der Waals surface area contributed by atoms with Gasteiger partial charge in [0.25, 0.3) is 0 Å². The number of carbonyl (C=O) groups excluding carboxylic acids is 3. The van der Waals surface area contributed by atoms with E-state index >= 15 is 0 Å². The molecule has 2 heterocycles. The number of carboxylic acids is 1. The number of hydrogen-bond acceptors (Lipinski definition) is 7. The smallest absolute Gasteiger partial charge is 0.326 e. The van der Waals surface area contributed by atoms with Crippen molar-refractivity contribution in [1.29, 1.82) is 0 Å². The van der Waals surface area contributed by atoms with Gasteiger partial charge in [-0.05, 0) is 18.6 Å². The molecule has 13 nitrogen and oxygen atoms in total.